The van der Waals surface area contributed by atoms with Crippen LogP contribution in [0.5, 0.6) is 0 Å². The predicted molar refractivity (Wildman–Crippen MR) is 110 cm³/mol. The second-order valence-electron chi connectivity index (χ2n) is 7.36. The van der Waals surface area contributed by atoms with Crippen LogP contribution in [0.15, 0.2) is 59.7 Å². The first-order valence-electron chi connectivity index (χ1n) is 9.66. The average Bonchev–Trinajstić information content (AvgIpc) is 2.75. The third-order valence-electron chi connectivity index (χ3n) is 5.20. The zero-order valence-corrected chi connectivity index (χ0v) is 16.2. The average molecular weight is 390 g/mol. The number of pyridine rings is 1. The largest absolute Gasteiger partial charge is 0.338 e. The maximum Gasteiger partial charge on any atom is 0.270 e. The summed E-state index contributed by atoms with van der Waals surface area (Å²) in [5, 5.41) is 2.90. The number of nitrogens with one attached hydrogen (secondary N) is 1. The van der Waals surface area contributed by atoms with E-state index in [0.29, 0.717) is 25.0 Å². The van der Waals surface area contributed by atoms with E-state index in [9.17, 15) is 14.4 Å². The Labute approximate surface area is 168 Å². The number of carbonyl (C=O) groups is 2. The molecule has 0 radical (unpaired) electrons. The number of rotatable bonds is 3. The van der Waals surface area contributed by atoms with Gasteiger partial charge in [-0.15, -0.1) is 0 Å². The van der Waals surface area contributed by atoms with Gasteiger partial charge in [0.15, 0.2) is 0 Å². The molecule has 3 aromatic rings. The predicted octanol–water partition coefficient (Wildman–Crippen LogP) is 2.49. The summed E-state index contributed by atoms with van der Waals surface area (Å²) in [6.07, 6.45) is 4.42. The molecule has 7 heteroatoms. The molecule has 1 N–H and O–H groups in total. The number of aryl methyl sites for hydroxylation is 1. The Morgan fingerprint density at radius 2 is 1.93 bits per heavy atom. The molecular formula is C22H22N4O3. The Morgan fingerprint density at radius 1 is 1.14 bits per heavy atom. The van der Waals surface area contributed by atoms with Crippen LogP contribution in [-0.2, 0) is 4.79 Å². The van der Waals surface area contributed by atoms with Gasteiger partial charge in [0.25, 0.3) is 11.5 Å². The lowest BCUT2D eigenvalue weighted by atomic mass is 9.96. The molecule has 1 aliphatic heterocycles. The number of fused-ring (bicyclic) bond motifs is 1. The lowest BCUT2D eigenvalue weighted by Gasteiger charge is -2.32. The van der Waals surface area contributed by atoms with Gasteiger partial charge in [-0.05, 0) is 43.5 Å². The molecule has 1 saturated heterocycles. The molecule has 0 aliphatic carbocycles. The fourth-order valence-corrected chi connectivity index (χ4v) is 3.64. The summed E-state index contributed by atoms with van der Waals surface area (Å²) >= 11 is 0. The Morgan fingerprint density at radius 3 is 2.72 bits per heavy atom. The summed E-state index contributed by atoms with van der Waals surface area (Å²) in [5.74, 6) is -0.806. The Kier molecular flexibility index (Phi) is 5.12. The SMILES string of the molecule is Cc1ccc2ncc(C(=O)N3CCCC(C(=O)Nc4ccccc4)C3)c(=O)n2c1. The number of benzene rings is 1. The maximum atomic E-state index is 13.0. The number of hydrogen-bond acceptors (Lipinski definition) is 4. The van der Waals surface area contributed by atoms with Crippen LogP contribution in [0.3, 0.4) is 0 Å². The third-order valence-corrected chi connectivity index (χ3v) is 5.20. The van der Waals surface area contributed by atoms with Gasteiger partial charge < -0.3 is 10.2 Å². The van der Waals surface area contributed by atoms with Crippen LogP contribution in [0.2, 0.25) is 0 Å². The minimum atomic E-state index is -0.389. The van der Waals surface area contributed by atoms with Crippen LogP contribution in [0.1, 0.15) is 28.8 Å². The summed E-state index contributed by atoms with van der Waals surface area (Å²) < 4.78 is 1.39. The van der Waals surface area contributed by atoms with Crippen molar-refractivity contribution in [2.75, 3.05) is 18.4 Å². The number of hydrogen-bond donors (Lipinski definition) is 1. The number of aromatic nitrogens is 2. The Hall–Kier alpha value is -3.48. The topological polar surface area (TPSA) is 83.8 Å². The van der Waals surface area contributed by atoms with Crippen molar-refractivity contribution in [1.82, 2.24) is 14.3 Å². The molecule has 4 rings (SSSR count). The second-order valence-corrected chi connectivity index (χ2v) is 7.36. The lowest BCUT2D eigenvalue weighted by molar-refractivity contribution is -0.121. The van der Waals surface area contributed by atoms with Gasteiger partial charge in [-0.2, -0.15) is 0 Å². The van der Waals surface area contributed by atoms with Gasteiger partial charge in [-0.3, -0.25) is 18.8 Å². The maximum absolute atomic E-state index is 13.0. The van der Waals surface area contributed by atoms with Crippen LogP contribution < -0.4 is 10.9 Å². The molecule has 7 nitrogen and oxygen atoms in total. The van der Waals surface area contributed by atoms with Gasteiger partial charge in [0.2, 0.25) is 5.91 Å². The van der Waals surface area contributed by atoms with Crippen molar-refractivity contribution in [2.45, 2.75) is 19.8 Å². The van der Waals surface area contributed by atoms with Gasteiger partial charge in [-0.1, -0.05) is 24.3 Å². The highest BCUT2D eigenvalue weighted by Gasteiger charge is 2.30. The molecule has 1 fully saturated rings. The van der Waals surface area contributed by atoms with Crippen LogP contribution in [0.4, 0.5) is 5.69 Å². The normalized spacial score (nSPS) is 16.6. The molecule has 1 aromatic carbocycles. The van der Waals surface area contributed by atoms with Crippen LogP contribution in [0, 0.1) is 12.8 Å². The van der Waals surface area contributed by atoms with E-state index in [0.717, 1.165) is 11.3 Å². The monoisotopic (exact) mass is 390 g/mol. The molecule has 0 saturated carbocycles. The first-order chi connectivity index (χ1) is 14.0. The standard InChI is InChI=1S/C22H22N4O3/c1-15-9-10-19-23-12-18(22(29)26(19)13-15)21(28)25-11-5-6-16(14-25)20(27)24-17-7-3-2-4-8-17/h2-4,7-10,12-13,16H,5-6,11,14H2,1H3,(H,24,27). The summed E-state index contributed by atoms with van der Waals surface area (Å²) in [7, 11) is 0. The van der Waals surface area contributed by atoms with E-state index in [-0.39, 0.29) is 35.4 Å². The number of carbonyl (C=O) groups excluding carboxylic acids is 2. The van der Waals surface area contributed by atoms with E-state index in [4.69, 9.17) is 0 Å². The fraction of sp³-hybridized carbons (Fsp3) is 0.273. The molecule has 0 spiro atoms. The minimum absolute atomic E-state index is 0.0252. The zero-order chi connectivity index (χ0) is 20.4. The number of anilines is 1. The van der Waals surface area contributed by atoms with E-state index in [1.165, 1.54) is 10.6 Å². The molecule has 2 aromatic heterocycles. The number of likely N-dealkylation sites (tertiary alicyclic amines) is 1. The van der Waals surface area contributed by atoms with Crippen molar-refractivity contribution >= 4 is 23.1 Å². The molecule has 1 unspecified atom stereocenters. The molecule has 1 aliphatic rings. The van der Waals surface area contributed by atoms with Gasteiger partial charge in [-0.25, -0.2) is 4.98 Å². The summed E-state index contributed by atoms with van der Waals surface area (Å²) in [6, 6.07) is 12.9. The van der Waals surface area contributed by atoms with Crippen LogP contribution in [0.25, 0.3) is 5.65 Å². The van der Waals surface area contributed by atoms with Crippen molar-refractivity contribution in [3.8, 4) is 0 Å². The molecule has 29 heavy (non-hydrogen) atoms. The fourth-order valence-electron chi connectivity index (χ4n) is 3.64. The third kappa shape index (κ3) is 3.89. The van der Waals surface area contributed by atoms with Crippen LogP contribution in [-0.4, -0.2) is 39.2 Å². The smallest absolute Gasteiger partial charge is 0.270 e. The highest BCUT2D eigenvalue weighted by atomic mass is 16.2. The van der Waals surface area contributed by atoms with E-state index in [1.54, 1.807) is 17.2 Å². The first-order valence-corrected chi connectivity index (χ1v) is 9.66. The van der Waals surface area contributed by atoms with E-state index >= 15 is 0 Å². The Bertz CT molecular complexity index is 1120. The van der Waals surface area contributed by atoms with Crippen molar-refractivity contribution in [1.29, 1.82) is 0 Å². The van der Waals surface area contributed by atoms with Gasteiger partial charge >= 0.3 is 0 Å². The molecule has 2 amide bonds. The molecule has 1 atom stereocenters. The second kappa shape index (κ2) is 7.87. The van der Waals surface area contributed by atoms with Crippen molar-refractivity contribution in [3.05, 3.63) is 76.3 Å². The lowest BCUT2D eigenvalue weighted by Crippen LogP contribution is -2.45. The number of piperidine rings is 1. The van der Waals surface area contributed by atoms with E-state index in [1.807, 2.05) is 43.3 Å². The quantitative estimate of drug-likeness (QED) is 0.745. The molecule has 148 valence electrons. The zero-order valence-electron chi connectivity index (χ0n) is 16.2. The number of nitrogens with zero attached hydrogens (tertiary/aromatic N) is 3. The molecule has 3 heterocycles. The van der Waals surface area contributed by atoms with Gasteiger partial charge in [0.05, 0.1) is 5.92 Å². The molecular weight excluding hydrogens is 368 g/mol. The number of para-hydroxylation sites is 1. The van der Waals surface area contributed by atoms with Crippen LogP contribution >= 0.6 is 0 Å². The minimum Gasteiger partial charge on any atom is -0.338 e. The van der Waals surface area contributed by atoms with Crippen molar-refractivity contribution in [2.24, 2.45) is 5.92 Å². The summed E-state index contributed by atoms with van der Waals surface area (Å²) in [6.45, 7) is 2.68. The Balaban J connectivity index is 1.53. The van der Waals surface area contributed by atoms with Gasteiger partial charge in [0.1, 0.15) is 11.2 Å². The van der Waals surface area contributed by atoms with Crippen molar-refractivity contribution in [3.63, 3.8) is 0 Å². The van der Waals surface area contributed by atoms with Crippen molar-refractivity contribution < 1.29 is 9.59 Å². The highest BCUT2D eigenvalue weighted by Crippen LogP contribution is 2.20. The van der Waals surface area contributed by atoms with Gasteiger partial charge in [0, 0.05) is 31.2 Å². The molecule has 0 bridgehead atoms. The highest BCUT2D eigenvalue weighted by molar-refractivity contribution is 5.96. The van der Waals surface area contributed by atoms with E-state index in [2.05, 4.69) is 10.3 Å². The summed E-state index contributed by atoms with van der Waals surface area (Å²) in [4.78, 5) is 44.3. The number of amides is 2. The summed E-state index contributed by atoms with van der Waals surface area (Å²) in [5.41, 5.74) is 1.77. The first kappa shape index (κ1) is 18.9. The van der Waals surface area contributed by atoms with E-state index < -0.39 is 0 Å².